The largest absolute Gasteiger partial charge is 0.355 e. The highest BCUT2D eigenvalue weighted by Gasteiger charge is 2.12. The second kappa shape index (κ2) is 7.91. The predicted octanol–water partition coefficient (Wildman–Crippen LogP) is 1.90. The molecule has 0 bridgehead atoms. The zero-order valence-corrected chi connectivity index (χ0v) is 13.4. The Morgan fingerprint density at radius 3 is 2.77 bits per heavy atom. The summed E-state index contributed by atoms with van der Waals surface area (Å²) in [7, 11) is 1.82. The highest BCUT2D eigenvalue weighted by Crippen LogP contribution is 2.18. The van der Waals surface area contributed by atoms with Gasteiger partial charge >= 0.3 is 0 Å². The lowest BCUT2D eigenvalue weighted by Crippen LogP contribution is -2.35. The van der Waals surface area contributed by atoms with Crippen LogP contribution >= 0.6 is 11.6 Å². The minimum Gasteiger partial charge on any atom is -0.355 e. The smallest absolute Gasteiger partial charge is 0.228 e. The van der Waals surface area contributed by atoms with Crippen LogP contribution in [0.5, 0.6) is 0 Å². The van der Waals surface area contributed by atoms with Gasteiger partial charge in [0.25, 0.3) is 0 Å². The first-order valence-corrected chi connectivity index (χ1v) is 7.48. The van der Waals surface area contributed by atoms with Crippen LogP contribution in [-0.4, -0.2) is 36.2 Å². The number of nitrogens with zero attached hydrogens (tertiary/aromatic N) is 2. The van der Waals surface area contributed by atoms with Crippen LogP contribution in [0, 0.1) is 5.92 Å². The van der Waals surface area contributed by atoms with E-state index in [9.17, 15) is 4.79 Å². The van der Waals surface area contributed by atoms with Gasteiger partial charge in [-0.3, -0.25) is 4.79 Å². The van der Waals surface area contributed by atoms with E-state index in [4.69, 9.17) is 16.1 Å². The Balaban J connectivity index is 1.85. The topological polar surface area (TPSA) is 80.0 Å². The van der Waals surface area contributed by atoms with Gasteiger partial charge in [-0.05, 0) is 31.3 Å². The molecular formula is C15H19ClN4O2. The lowest BCUT2D eigenvalue weighted by Gasteiger charge is -2.10. The van der Waals surface area contributed by atoms with Crippen molar-refractivity contribution in [2.24, 2.45) is 5.92 Å². The second-order valence-electron chi connectivity index (χ2n) is 5.02. The molecule has 2 N–H and O–H groups in total. The number of hydrogen-bond donors (Lipinski definition) is 2. The highest BCUT2D eigenvalue weighted by molar-refractivity contribution is 6.30. The van der Waals surface area contributed by atoms with Crippen molar-refractivity contribution >= 4 is 17.5 Å². The van der Waals surface area contributed by atoms with Gasteiger partial charge in [0, 0.05) is 36.0 Å². The first-order valence-electron chi connectivity index (χ1n) is 7.11. The Morgan fingerprint density at radius 1 is 1.36 bits per heavy atom. The van der Waals surface area contributed by atoms with Crippen LogP contribution in [0.25, 0.3) is 11.4 Å². The summed E-state index contributed by atoms with van der Waals surface area (Å²) >= 11 is 5.84. The molecule has 1 aromatic heterocycles. The van der Waals surface area contributed by atoms with E-state index in [0.29, 0.717) is 36.2 Å². The average Bonchev–Trinajstić information content (AvgIpc) is 2.97. The summed E-state index contributed by atoms with van der Waals surface area (Å²) in [6.45, 7) is 2.99. The standard InChI is InChI=1S/C15H19ClN4O2/c1-10(9-17-2)15(21)18-8-7-13-19-14(20-22-13)11-3-5-12(16)6-4-11/h3-6,10,17H,7-9H2,1-2H3,(H,18,21). The summed E-state index contributed by atoms with van der Waals surface area (Å²) in [5.74, 6) is 0.942. The molecule has 2 rings (SSSR count). The van der Waals surface area contributed by atoms with Crippen LogP contribution in [0.3, 0.4) is 0 Å². The minimum absolute atomic E-state index is 0.00629. The Bertz CT molecular complexity index is 612. The quantitative estimate of drug-likeness (QED) is 0.814. The van der Waals surface area contributed by atoms with Crippen LogP contribution in [0.4, 0.5) is 0 Å². The SMILES string of the molecule is CNCC(C)C(=O)NCCc1nc(-c2ccc(Cl)cc2)no1. The summed E-state index contributed by atoms with van der Waals surface area (Å²) in [6.07, 6.45) is 0.499. The first-order chi connectivity index (χ1) is 10.6. The van der Waals surface area contributed by atoms with Crippen molar-refractivity contribution < 1.29 is 9.32 Å². The monoisotopic (exact) mass is 322 g/mol. The average molecular weight is 323 g/mol. The Hall–Kier alpha value is -1.92. The molecule has 0 fully saturated rings. The fraction of sp³-hybridized carbons (Fsp3) is 0.400. The number of aromatic nitrogens is 2. The summed E-state index contributed by atoms with van der Waals surface area (Å²) in [4.78, 5) is 16.1. The Morgan fingerprint density at radius 2 is 2.09 bits per heavy atom. The maximum atomic E-state index is 11.8. The fourth-order valence-electron chi connectivity index (χ4n) is 1.94. The number of carbonyl (C=O) groups is 1. The van der Waals surface area contributed by atoms with E-state index in [-0.39, 0.29) is 11.8 Å². The number of nitrogens with one attached hydrogen (secondary N) is 2. The molecule has 7 heteroatoms. The third-order valence-electron chi connectivity index (χ3n) is 3.17. The van der Waals surface area contributed by atoms with E-state index < -0.39 is 0 Å². The van der Waals surface area contributed by atoms with Crippen LogP contribution < -0.4 is 10.6 Å². The van der Waals surface area contributed by atoms with E-state index in [2.05, 4.69) is 20.8 Å². The zero-order chi connectivity index (χ0) is 15.9. The lowest BCUT2D eigenvalue weighted by atomic mass is 10.1. The van der Waals surface area contributed by atoms with Gasteiger partial charge in [0.05, 0.1) is 0 Å². The number of rotatable bonds is 7. The molecule has 0 aliphatic rings. The molecule has 2 aromatic rings. The minimum atomic E-state index is -0.0719. The molecule has 0 spiro atoms. The normalized spacial score (nSPS) is 12.1. The van der Waals surface area contributed by atoms with Crippen LogP contribution in [0.1, 0.15) is 12.8 Å². The van der Waals surface area contributed by atoms with E-state index >= 15 is 0 Å². The molecule has 1 heterocycles. The van der Waals surface area contributed by atoms with E-state index in [0.717, 1.165) is 5.56 Å². The highest BCUT2D eigenvalue weighted by atomic mass is 35.5. The van der Waals surface area contributed by atoms with Crippen molar-refractivity contribution in [1.82, 2.24) is 20.8 Å². The molecule has 1 amide bonds. The number of hydrogen-bond acceptors (Lipinski definition) is 5. The maximum Gasteiger partial charge on any atom is 0.228 e. The molecular weight excluding hydrogens is 304 g/mol. The summed E-state index contributed by atoms with van der Waals surface area (Å²) in [5, 5.41) is 10.4. The van der Waals surface area contributed by atoms with Gasteiger partial charge in [0.2, 0.25) is 17.6 Å². The number of halogens is 1. The first kappa shape index (κ1) is 16.5. The van der Waals surface area contributed by atoms with Crippen molar-refractivity contribution in [3.05, 3.63) is 35.2 Å². The van der Waals surface area contributed by atoms with Crippen LogP contribution in [0.2, 0.25) is 5.02 Å². The Kier molecular flexibility index (Phi) is 5.91. The molecule has 0 aliphatic carbocycles. The van der Waals surface area contributed by atoms with Gasteiger partial charge < -0.3 is 15.2 Å². The molecule has 22 heavy (non-hydrogen) atoms. The van der Waals surface area contributed by atoms with E-state index in [1.54, 1.807) is 12.1 Å². The number of amides is 1. The molecule has 1 atom stereocenters. The van der Waals surface area contributed by atoms with Crippen molar-refractivity contribution in [3.63, 3.8) is 0 Å². The molecule has 0 aliphatic heterocycles. The van der Waals surface area contributed by atoms with Gasteiger partial charge in [-0.2, -0.15) is 4.98 Å². The third-order valence-corrected chi connectivity index (χ3v) is 3.42. The van der Waals surface area contributed by atoms with Gasteiger partial charge in [0.1, 0.15) is 0 Å². The maximum absolute atomic E-state index is 11.8. The van der Waals surface area contributed by atoms with Crippen molar-refractivity contribution in [2.75, 3.05) is 20.1 Å². The fourth-order valence-corrected chi connectivity index (χ4v) is 2.06. The molecule has 1 unspecified atom stereocenters. The van der Waals surface area contributed by atoms with E-state index in [1.165, 1.54) is 0 Å². The van der Waals surface area contributed by atoms with Crippen LogP contribution in [0.15, 0.2) is 28.8 Å². The summed E-state index contributed by atoms with van der Waals surface area (Å²) < 4.78 is 5.18. The van der Waals surface area contributed by atoms with Crippen molar-refractivity contribution in [2.45, 2.75) is 13.3 Å². The molecule has 0 saturated carbocycles. The summed E-state index contributed by atoms with van der Waals surface area (Å²) in [5.41, 5.74) is 0.839. The molecule has 0 saturated heterocycles. The molecule has 118 valence electrons. The van der Waals surface area contributed by atoms with Gasteiger partial charge in [-0.25, -0.2) is 0 Å². The van der Waals surface area contributed by atoms with E-state index in [1.807, 2.05) is 26.1 Å². The van der Waals surface area contributed by atoms with Gasteiger partial charge in [-0.1, -0.05) is 23.7 Å². The summed E-state index contributed by atoms with van der Waals surface area (Å²) in [6, 6.07) is 7.21. The van der Waals surface area contributed by atoms with Gasteiger partial charge in [0.15, 0.2) is 0 Å². The van der Waals surface area contributed by atoms with Crippen LogP contribution in [-0.2, 0) is 11.2 Å². The van der Waals surface area contributed by atoms with Crippen molar-refractivity contribution in [3.8, 4) is 11.4 Å². The van der Waals surface area contributed by atoms with Gasteiger partial charge in [-0.15, -0.1) is 0 Å². The Labute approximate surface area is 134 Å². The zero-order valence-electron chi connectivity index (χ0n) is 12.6. The number of carbonyl (C=O) groups excluding carboxylic acids is 1. The number of benzene rings is 1. The predicted molar refractivity (Wildman–Crippen MR) is 84.5 cm³/mol. The molecule has 1 aromatic carbocycles. The third kappa shape index (κ3) is 4.54. The second-order valence-corrected chi connectivity index (χ2v) is 5.45. The lowest BCUT2D eigenvalue weighted by molar-refractivity contribution is -0.124. The molecule has 0 radical (unpaired) electrons. The van der Waals surface area contributed by atoms with Crippen molar-refractivity contribution in [1.29, 1.82) is 0 Å². The molecule has 6 nitrogen and oxygen atoms in total.